The van der Waals surface area contributed by atoms with Gasteiger partial charge >= 0.3 is 5.97 Å². The van der Waals surface area contributed by atoms with Crippen molar-refractivity contribution in [3.8, 4) is 28.3 Å². The van der Waals surface area contributed by atoms with Crippen LogP contribution in [0.15, 0.2) is 72.8 Å². The topological polar surface area (TPSA) is 165 Å². The number of tetrazole rings is 1. The van der Waals surface area contributed by atoms with Crippen LogP contribution < -0.4 is 15.8 Å². The molecule has 12 nitrogen and oxygen atoms in total. The molecule has 12 heteroatoms. The monoisotopic (exact) mass is 683 g/mol. The normalized spacial score (nSPS) is 12.5. The van der Waals surface area contributed by atoms with Gasteiger partial charge in [-0.3, -0.25) is 9.59 Å². The molecule has 0 aliphatic carbocycles. The fourth-order valence-corrected chi connectivity index (χ4v) is 5.60. The van der Waals surface area contributed by atoms with Crippen molar-refractivity contribution in [2.45, 2.75) is 85.0 Å². The van der Waals surface area contributed by atoms with Crippen LogP contribution in [-0.2, 0) is 32.1 Å². The molecule has 1 aromatic heterocycles. The van der Waals surface area contributed by atoms with E-state index in [2.05, 4.69) is 25.9 Å². The maximum atomic E-state index is 14.0. The fraction of sp³-hybridized carbons (Fsp3) is 0.421. The smallest absolute Gasteiger partial charge is 0.329 e. The van der Waals surface area contributed by atoms with Crippen LogP contribution in [0, 0.1) is 5.92 Å². The van der Waals surface area contributed by atoms with E-state index in [0.29, 0.717) is 31.0 Å². The summed E-state index contributed by atoms with van der Waals surface area (Å²) in [6.45, 7) is 10.6. The lowest BCUT2D eigenvalue weighted by Gasteiger charge is -2.34. The van der Waals surface area contributed by atoms with Crippen LogP contribution in [-0.4, -0.2) is 74.6 Å². The number of H-pyrrole nitrogens is 1. The van der Waals surface area contributed by atoms with E-state index in [1.54, 1.807) is 29.2 Å². The molecule has 1 unspecified atom stereocenters. The molecule has 3 aromatic carbocycles. The largest absolute Gasteiger partial charge is 0.490 e. The molecule has 0 aliphatic rings. The number of primary amides is 1. The number of carbonyl (C=O) groups excluding carboxylic acids is 3. The number of rotatable bonds is 19. The third kappa shape index (κ3) is 11.0. The second-order valence-electron chi connectivity index (χ2n) is 13.0. The Labute approximate surface area is 294 Å². The summed E-state index contributed by atoms with van der Waals surface area (Å²) in [4.78, 5) is 40.7. The zero-order valence-electron chi connectivity index (χ0n) is 29.6. The molecule has 0 radical (unpaired) electrons. The molecule has 4 rings (SSSR count). The highest BCUT2D eigenvalue weighted by Gasteiger charge is 2.35. The van der Waals surface area contributed by atoms with Gasteiger partial charge in [0.1, 0.15) is 24.5 Å². The van der Waals surface area contributed by atoms with Gasteiger partial charge in [-0.2, -0.15) is 0 Å². The van der Waals surface area contributed by atoms with Crippen LogP contribution in [0.4, 0.5) is 0 Å². The van der Waals surface area contributed by atoms with Gasteiger partial charge in [-0.15, -0.1) is 5.10 Å². The molecule has 0 spiro atoms. The van der Waals surface area contributed by atoms with Crippen LogP contribution in [0.3, 0.4) is 0 Å². The van der Waals surface area contributed by atoms with Crippen LogP contribution >= 0.6 is 0 Å². The summed E-state index contributed by atoms with van der Waals surface area (Å²) < 4.78 is 12.1. The minimum Gasteiger partial charge on any atom is -0.490 e. The molecule has 0 saturated heterocycles. The predicted molar refractivity (Wildman–Crippen MR) is 192 cm³/mol. The number of benzene rings is 3. The van der Waals surface area contributed by atoms with E-state index in [-0.39, 0.29) is 37.4 Å². The average Bonchev–Trinajstić information content (AvgIpc) is 3.64. The van der Waals surface area contributed by atoms with Crippen molar-refractivity contribution in [1.82, 2.24) is 30.8 Å². The number of amides is 2. The van der Waals surface area contributed by atoms with E-state index in [1.807, 2.05) is 83.1 Å². The van der Waals surface area contributed by atoms with E-state index >= 15 is 0 Å². The Kier molecular flexibility index (Phi) is 14.0. The molecule has 0 aliphatic heterocycles. The minimum atomic E-state index is -0.812. The summed E-state index contributed by atoms with van der Waals surface area (Å²) in [7, 11) is 0. The molecule has 2 amide bonds. The first-order valence-corrected chi connectivity index (χ1v) is 17.2. The first-order chi connectivity index (χ1) is 24.0. The molecule has 266 valence electrons. The molecular formula is C38H49N7O5. The molecule has 50 heavy (non-hydrogen) atoms. The number of ether oxygens (including phenoxy) is 2. The fourth-order valence-electron chi connectivity index (χ4n) is 5.60. The highest BCUT2D eigenvalue weighted by Crippen LogP contribution is 2.30. The molecule has 0 bridgehead atoms. The lowest BCUT2D eigenvalue weighted by atomic mass is 9.97. The van der Waals surface area contributed by atoms with Crippen molar-refractivity contribution in [3.63, 3.8) is 0 Å². The summed E-state index contributed by atoms with van der Waals surface area (Å²) in [5.74, 6) is -0.0598. The Morgan fingerprint density at radius 1 is 0.920 bits per heavy atom. The number of hydrogen-bond donors (Lipinski definition) is 3. The van der Waals surface area contributed by atoms with Crippen LogP contribution in [0.5, 0.6) is 5.75 Å². The van der Waals surface area contributed by atoms with Gasteiger partial charge in [-0.25, -0.2) is 9.89 Å². The maximum absolute atomic E-state index is 14.0. The predicted octanol–water partition coefficient (Wildman–Crippen LogP) is 5.09. The number of aromatic amines is 1. The lowest BCUT2D eigenvalue weighted by molar-refractivity contribution is -0.163. The Balaban J connectivity index is 1.53. The standard InChI is InChI=1S/C38H49N7O5/c1-6-7-12-35(47)45(23-28-13-17-29(18-14-28)32-10-8-9-11-33(32)37-41-43-44-42-37)36(25(2)3)38(48)50-31(22-40-26(4)5)24-49-30-19-15-27(16-20-30)21-34(39)46/h8-11,13-20,25-26,31,36,40H,6-7,12,21-24H2,1-5H3,(H2,39,46)(H,41,42,43,44)/t31?,36-/m0/s1. The Bertz CT molecular complexity index is 1660. The molecule has 1 heterocycles. The van der Waals surface area contributed by atoms with Crippen molar-refractivity contribution < 1.29 is 23.9 Å². The number of nitrogens with one attached hydrogen (secondary N) is 2. The van der Waals surface area contributed by atoms with Gasteiger partial charge in [0.15, 0.2) is 5.82 Å². The molecule has 2 atom stereocenters. The van der Waals surface area contributed by atoms with E-state index in [0.717, 1.165) is 34.2 Å². The van der Waals surface area contributed by atoms with Gasteiger partial charge < -0.3 is 25.4 Å². The number of aromatic nitrogens is 4. The first kappa shape index (κ1) is 37.7. The number of carbonyl (C=O) groups is 3. The number of hydrogen-bond acceptors (Lipinski definition) is 9. The van der Waals surface area contributed by atoms with E-state index in [4.69, 9.17) is 15.2 Å². The Morgan fingerprint density at radius 3 is 2.20 bits per heavy atom. The summed E-state index contributed by atoms with van der Waals surface area (Å²) in [6.07, 6.45) is 1.42. The molecule has 0 fully saturated rings. The number of unbranched alkanes of at least 4 members (excludes halogenated alkanes) is 1. The van der Waals surface area contributed by atoms with Gasteiger partial charge in [0.2, 0.25) is 11.8 Å². The third-order valence-corrected chi connectivity index (χ3v) is 8.19. The highest BCUT2D eigenvalue weighted by molar-refractivity contribution is 5.85. The summed E-state index contributed by atoms with van der Waals surface area (Å²) >= 11 is 0. The molecular weight excluding hydrogens is 634 g/mol. The summed E-state index contributed by atoms with van der Waals surface area (Å²) in [5, 5.41) is 17.7. The summed E-state index contributed by atoms with van der Waals surface area (Å²) in [6, 6.07) is 22.2. The zero-order valence-corrected chi connectivity index (χ0v) is 29.6. The Hall–Kier alpha value is -5.10. The van der Waals surface area contributed by atoms with Crippen molar-refractivity contribution >= 4 is 17.8 Å². The van der Waals surface area contributed by atoms with Crippen molar-refractivity contribution in [2.75, 3.05) is 13.2 Å². The Morgan fingerprint density at radius 2 is 1.60 bits per heavy atom. The second kappa shape index (κ2) is 18.6. The van der Waals surface area contributed by atoms with Crippen molar-refractivity contribution in [3.05, 3.63) is 83.9 Å². The molecule has 0 saturated carbocycles. The molecule has 4 aromatic rings. The van der Waals surface area contributed by atoms with Crippen LogP contribution in [0.1, 0.15) is 65.0 Å². The third-order valence-electron chi connectivity index (χ3n) is 8.19. The SMILES string of the molecule is CCCCC(=O)N(Cc1ccc(-c2ccccc2-c2nnn[nH]2)cc1)[C@H](C(=O)OC(CNC(C)C)COc1ccc(CC(N)=O)cc1)C(C)C. The van der Waals surface area contributed by atoms with E-state index in [1.165, 1.54) is 0 Å². The average molecular weight is 684 g/mol. The first-order valence-electron chi connectivity index (χ1n) is 17.2. The van der Waals surface area contributed by atoms with Crippen molar-refractivity contribution in [2.24, 2.45) is 11.7 Å². The van der Waals surface area contributed by atoms with Crippen LogP contribution in [0.2, 0.25) is 0 Å². The highest BCUT2D eigenvalue weighted by atomic mass is 16.6. The quantitative estimate of drug-likeness (QED) is 0.114. The number of nitrogens with two attached hydrogens (primary N) is 1. The van der Waals surface area contributed by atoms with E-state index < -0.39 is 24.0 Å². The van der Waals surface area contributed by atoms with E-state index in [9.17, 15) is 14.4 Å². The van der Waals surface area contributed by atoms with Gasteiger partial charge in [-0.1, -0.05) is 102 Å². The van der Waals surface area contributed by atoms with Crippen molar-refractivity contribution in [1.29, 1.82) is 0 Å². The van der Waals surface area contributed by atoms with Gasteiger partial charge in [0, 0.05) is 31.1 Å². The number of nitrogens with zero attached hydrogens (tertiary/aromatic N) is 4. The van der Waals surface area contributed by atoms with Gasteiger partial charge in [0.25, 0.3) is 0 Å². The van der Waals surface area contributed by atoms with Gasteiger partial charge in [-0.05, 0) is 57.2 Å². The second-order valence-corrected chi connectivity index (χ2v) is 13.0. The molecule has 4 N–H and O–H groups in total. The summed E-state index contributed by atoms with van der Waals surface area (Å²) in [5.41, 5.74) is 9.77. The minimum absolute atomic E-state index is 0.0982. The van der Waals surface area contributed by atoms with Crippen LogP contribution in [0.25, 0.3) is 22.5 Å². The lowest BCUT2D eigenvalue weighted by Crippen LogP contribution is -2.50. The zero-order chi connectivity index (χ0) is 36.0. The maximum Gasteiger partial charge on any atom is 0.329 e. The van der Waals surface area contributed by atoms with Gasteiger partial charge in [0.05, 0.1) is 6.42 Å². The number of esters is 1.